The number of nitrogens with one attached hydrogen (secondary N) is 2. The minimum absolute atomic E-state index is 0.0643. The summed E-state index contributed by atoms with van der Waals surface area (Å²) in [6, 6.07) is 0.198. The van der Waals surface area contributed by atoms with Crippen molar-refractivity contribution in [2.24, 2.45) is 7.05 Å². The Morgan fingerprint density at radius 3 is 2.67 bits per heavy atom. The monoisotopic (exact) mass is 310 g/mol. The van der Waals surface area contributed by atoms with Crippen LogP contribution < -0.4 is 10.6 Å². The third kappa shape index (κ3) is 4.63. The molecule has 0 aliphatic carbocycles. The molecule has 0 radical (unpaired) electrons. The van der Waals surface area contributed by atoms with Gasteiger partial charge >= 0.3 is 18.2 Å². The number of esters is 1. The maximum absolute atomic E-state index is 12.0. The molecule has 0 bridgehead atoms. The molecule has 2 amide bonds. The minimum atomic E-state index is -4.82. The van der Waals surface area contributed by atoms with Gasteiger partial charge in [-0.1, -0.05) is 0 Å². The van der Waals surface area contributed by atoms with Gasteiger partial charge in [-0.3, -0.25) is 10.00 Å². The molecule has 1 rings (SSSR count). The zero-order valence-corrected chi connectivity index (χ0v) is 11.1. The molecule has 8 nitrogen and oxygen atoms in total. The molecule has 0 aliphatic heterocycles. The van der Waals surface area contributed by atoms with Crippen LogP contribution in [0.1, 0.15) is 10.5 Å². The third-order valence-corrected chi connectivity index (χ3v) is 2.35. The molecule has 0 aliphatic rings. The van der Waals surface area contributed by atoms with Crippen molar-refractivity contribution >= 4 is 17.8 Å². The van der Waals surface area contributed by atoms with Gasteiger partial charge in [0.15, 0.2) is 11.8 Å². The van der Waals surface area contributed by atoms with Crippen molar-refractivity contribution in [3.05, 3.63) is 11.8 Å². The van der Waals surface area contributed by atoms with E-state index >= 15 is 0 Å². The van der Waals surface area contributed by atoms with Crippen LogP contribution in [0.5, 0.6) is 0 Å². The molecule has 11 heteroatoms. The summed E-state index contributed by atoms with van der Waals surface area (Å²) in [6.07, 6.45) is -7.49. The number of halogens is 3. The molecule has 1 heterocycles. The van der Waals surface area contributed by atoms with Crippen molar-refractivity contribution in [3.8, 4) is 0 Å². The fraction of sp³-hybridized carbons (Fsp3) is 0.500. The van der Waals surface area contributed by atoms with E-state index in [1.54, 1.807) is 0 Å². The number of hydrogen-bond acceptors (Lipinski definition) is 5. The summed E-state index contributed by atoms with van der Waals surface area (Å²) in [5, 5.41) is 16.5. The normalized spacial score (nSPS) is 12.7. The summed E-state index contributed by atoms with van der Waals surface area (Å²) in [6.45, 7) is -1.00. The van der Waals surface area contributed by atoms with E-state index < -0.39 is 30.8 Å². The van der Waals surface area contributed by atoms with Crippen molar-refractivity contribution in [3.63, 3.8) is 0 Å². The Morgan fingerprint density at radius 1 is 1.52 bits per heavy atom. The second-order valence-corrected chi connectivity index (χ2v) is 3.92. The highest BCUT2D eigenvalue weighted by Gasteiger charge is 2.38. The first kappa shape index (κ1) is 16.8. The van der Waals surface area contributed by atoms with Crippen LogP contribution in [0.2, 0.25) is 0 Å². The minimum Gasteiger partial charge on any atom is -0.464 e. The zero-order valence-electron chi connectivity index (χ0n) is 11.1. The SMILES string of the molecule is COC(=O)c1cc(NC(=O)NC[C@H](O)C(F)(F)F)n(C)n1. The summed E-state index contributed by atoms with van der Waals surface area (Å²) in [5.74, 6) is -0.666. The highest BCUT2D eigenvalue weighted by Crippen LogP contribution is 2.19. The van der Waals surface area contributed by atoms with Gasteiger partial charge < -0.3 is 15.2 Å². The van der Waals surface area contributed by atoms with Gasteiger partial charge in [0, 0.05) is 13.1 Å². The van der Waals surface area contributed by atoms with E-state index in [-0.39, 0.29) is 11.5 Å². The lowest BCUT2D eigenvalue weighted by Gasteiger charge is -2.15. The maximum atomic E-state index is 12.0. The molecular weight excluding hydrogens is 297 g/mol. The average Bonchev–Trinajstić information content (AvgIpc) is 2.75. The van der Waals surface area contributed by atoms with Gasteiger partial charge in [-0.2, -0.15) is 18.3 Å². The number of amides is 2. The van der Waals surface area contributed by atoms with Crippen LogP contribution in [0.15, 0.2) is 6.07 Å². The molecule has 21 heavy (non-hydrogen) atoms. The fourth-order valence-corrected chi connectivity index (χ4v) is 1.25. The summed E-state index contributed by atoms with van der Waals surface area (Å²) < 4.78 is 41.7. The maximum Gasteiger partial charge on any atom is 0.416 e. The van der Waals surface area contributed by atoms with Crippen LogP contribution in [0.3, 0.4) is 0 Å². The molecule has 0 unspecified atom stereocenters. The van der Waals surface area contributed by atoms with Crippen LogP contribution in [-0.4, -0.2) is 52.8 Å². The summed E-state index contributed by atoms with van der Waals surface area (Å²) in [4.78, 5) is 22.6. The first-order valence-corrected chi connectivity index (χ1v) is 5.57. The van der Waals surface area contributed by atoms with Crippen LogP contribution in [0.25, 0.3) is 0 Å². The van der Waals surface area contributed by atoms with E-state index in [0.717, 1.165) is 11.8 Å². The number of anilines is 1. The Bertz CT molecular complexity index is 529. The van der Waals surface area contributed by atoms with Gasteiger partial charge in [0.1, 0.15) is 5.82 Å². The second kappa shape index (κ2) is 6.43. The van der Waals surface area contributed by atoms with Crippen molar-refractivity contribution in [1.29, 1.82) is 0 Å². The standard InChI is InChI=1S/C10H13F3N4O4/c1-17-7(3-5(16-17)8(19)21-2)15-9(20)14-4-6(18)10(11,12)13/h3,6,18H,4H2,1-2H3,(H2,14,15,20)/t6-/m0/s1. The highest BCUT2D eigenvalue weighted by atomic mass is 19.4. The lowest BCUT2D eigenvalue weighted by Crippen LogP contribution is -2.42. The number of urea groups is 1. The van der Waals surface area contributed by atoms with Gasteiger partial charge in [0.2, 0.25) is 0 Å². The van der Waals surface area contributed by atoms with Crippen molar-refractivity contribution in [1.82, 2.24) is 15.1 Å². The third-order valence-electron chi connectivity index (χ3n) is 2.35. The molecule has 3 N–H and O–H groups in total. The van der Waals surface area contributed by atoms with Crippen LogP contribution in [0.4, 0.5) is 23.8 Å². The molecule has 1 aromatic heterocycles. The first-order chi connectivity index (χ1) is 9.65. The van der Waals surface area contributed by atoms with E-state index in [4.69, 9.17) is 5.11 Å². The second-order valence-electron chi connectivity index (χ2n) is 3.92. The average molecular weight is 310 g/mol. The Balaban J connectivity index is 2.59. The lowest BCUT2D eigenvalue weighted by molar-refractivity contribution is -0.201. The van der Waals surface area contributed by atoms with Gasteiger partial charge in [0.05, 0.1) is 13.7 Å². The number of aliphatic hydroxyl groups is 1. The van der Waals surface area contributed by atoms with Crippen LogP contribution >= 0.6 is 0 Å². The zero-order chi connectivity index (χ0) is 16.2. The summed E-state index contributed by atoms with van der Waals surface area (Å²) in [5.41, 5.74) is -0.0781. The predicted octanol–water partition coefficient (Wildman–Crippen LogP) is 0.251. The van der Waals surface area contributed by atoms with Gasteiger partial charge in [-0.15, -0.1) is 0 Å². The van der Waals surface area contributed by atoms with E-state index in [9.17, 15) is 22.8 Å². The van der Waals surface area contributed by atoms with E-state index in [1.165, 1.54) is 13.1 Å². The molecule has 1 aromatic rings. The number of methoxy groups -OCH3 is 1. The number of carbonyl (C=O) groups excluding carboxylic acids is 2. The topological polar surface area (TPSA) is 105 Å². The van der Waals surface area contributed by atoms with Gasteiger partial charge in [-0.05, 0) is 0 Å². The van der Waals surface area contributed by atoms with Crippen molar-refractivity contribution in [2.75, 3.05) is 19.0 Å². The highest BCUT2D eigenvalue weighted by molar-refractivity contribution is 5.92. The van der Waals surface area contributed by atoms with Crippen molar-refractivity contribution < 1.29 is 32.6 Å². The Labute approximate surface area is 116 Å². The van der Waals surface area contributed by atoms with Gasteiger partial charge in [-0.25, -0.2) is 9.59 Å². The molecule has 0 saturated carbocycles. The largest absolute Gasteiger partial charge is 0.464 e. The molecule has 118 valence electrons. The van der Waals surface area contributed by atoms with E-state index in [2.05, 4.69) is 15.2 Å². The van der Waals surface area contributed by atoms with E-state index in [1.807, 2.05) is 5.32 Å². The van der Waals surface area contributed by atoms with Gasteiger partial charge in [0.25, 0.3) is 0 Å². The molecule has 0 spiro atoms. The fourth-order valence-electron chi connectivity index (χ4n) is 1.25. The number of hydrogen-bond donors (Lipinski definition) is 3. The van der Waals surface area contributed by atoms with E-state index in [0.29, 0.717) is 0 Å². The number of aromatic nitrogens is 2. The molecule has 0 saturated heterocycles. The first-order valence-electron chi connectivity index (χ1n) is 5.57. The molecule has 1 atom stereocenters. The molecule has 0 aromatic carbocycles. The smallest absolute Gasteiger partial charge is 0.416 e. The number of alkyl halides is 3. The lowest BCUT2D eigenvalue weighted by atomic mass is 10.3. The Kier molecular flexibility index (Phi) is 5.13. The Morgan fingerprint density at radius 2 is 2.14 bits per heavy atom. The number of aryl methyl sites for hydroxylation is 1. The Hall–Kier alpha value is -2.30. The summed E-state index contributed by atoms with van der Waals surface area (Å²) in [7, 11) is 2.56. The molecule has 0 fully saturated rings. The number of carbonyl (C=O) groups is 2. The quantitative estimate of drug-likeness (QED) is 0.691. The predicted molar refractivity (Wildman–Crippen MR) is 63.6 cm³/mol. The number of aliphatic hydroxyl groups excluding tert-OH is 1. The van der Waals surface area contributed by atoms with Crippen molar-refractivity contribution in [2.45, 2.75) is 12.3 Å². The number of ether oxygens (including phenoxy) is 1. The van der Waals surface area contributed by atoms with Crippen LogP contribution in [-0.2, 0) is 11.8 Å². The number of nitrogens with zero attached hydrogens (tertiary/aromatic N) is 2. The molecular formula is C10H13F3N4O4. The van der Waals surface area contributed by atoms with Crippen LogP contribution in [0, 0.1) is 0 Å². The summed E-state index contributed by atoms with van der Waals surface area (Å²) >= 11 is 0. The number of rotatable bonds is 4.